The quantitative estimate of drug-likeness (QED) is 0.670. The normalized spacial score (nSPS) is 17.6. The second-order valence-electron chi connectivity index (χ2n) is 5.37. The van der Waals surface area contributed by atoms with Crippen molar-refractivity contribution in [2.24, 2.45) is 0 Å². The maximum Gasteiger partial charge on any atom is 0.153 e. The molecule has 1 aliphatic heterocycles. The van der Waals surface area contributed by atoms with Crippen LogP contribution in [0.2, 0.25) is 5.15 Å². The molecular weight excluding hydrogens is 319 g/mol. The Bertz CT molecular complexity index is 780. The molecule has 1 saturated heterocycles. The van der Waals surface area contributed by atoms with Crippen molar-refractivity contribution in [3.05, 3.63) is 53.4 Å². The molecule has 1 aliphatic rings. The van der Waals surface area contributed by atoms with Crippen molar-refractivity contribution in [3.8, 4) is 11.1 Å². The Kier molecular flexibility index (Phi) is 4.39. The van der Waals surface area contributed by atoms with Gasteiger partial charge in [0.15, 0.2) is 5.58 Å². The first-order valence-electron chi connectivity index (χ1n) is 7.20. The number of nitrogens with one attached hydrogen (secondary N) is 1. The molecule has 1 fully saturated rings. The van der Waals surface area contributed by atoms with Crippen LogP contribution in [0.25, 0.3) is 22.2 Å². The lowest BCUT2D eigenvalue weighted by Crippen LogP contribution is -2.11. The summed E-state index contributed by atoms with van der Waals surface area (Å²) in [6, 6.07) is 14.3. The first-order valence-corrected chi connectivity index (χ1v) is 7.58. The molecule has 5 heteroatoms. The molecule has 0 saturated carbocycles. The minimum absolute atomic E-state index is 0. The van der Waals surface area contributed by atoms with E-state index in [-0.39, 0.29) is 12.4 Å². The van der Waals surface area contributed by atoms with Crippen LogP contribution in [0.3, 0.4) is 0 Å². The van der Waals surface area contributed by atoms with Crippen molar-refractivity contribution in [2.45, 2.75) is 18.9 Å². The van der Waals surface area contributed by atoms with Crippen LogP contribution in [0.15, 0.2) is 46.9 Å². The molecule has 3 heterocycles. The van der Waals surface area contributed by atoms with Gasteiger partial charge >= 0.3 is 0 Å². The van der Waals surface area contributed by atoms with Crippen molar-refractivity contribution < 1.29 is 4.42 Å². The van der Waals surface area contributed by atoms with Crippen LogP contribution in [0, 0.1) is 0 Å². The summed E-state index contributed by atoms with van der Waals surface area (Å²) >= 11 is 6.34. The standard InChI is InChI=1S/C17H15ClN2O.ClH/c18-17-12(11-5-2-1-3-6-11)9-15-14(20-17)10-16(21-15)13-7-4-8-19-13;/h1-3,5-6,9-10,13,19H,4,7-8H2;1H/t13-;/m1./s1. The molecule has 0 aliphatic carbocycles. The van der Waals surface area contributed by atoms with Crippen molar-refractivity contribution in [2.75, 3.05) is 6.54 Å². The van der Waals surface area contributed by atoms with Gasteiger partial charge in [-0.2, -0.15) is 0 Å². The predicted molar refractivity (Wildman–Crippen MR) is 91.7 cm³/mol. The summed E-state index contributed by atoms with van der Waals surface area (Å²) in [4.78, 5) is 4.49. The molecule has 1 N–H and O–H groups in total. The predicted octanol–water partition coefficient (Wildman–Crippen LogP) is 4.99. The highest BCUT2D eigenvalue weighted by Crippen LogP contribution is 2.33. The summed E-state index contributed by atoms with van der Waals surface area (Å²) in [6.45, 7) is 1.05. The fourth-order valence-electron chi connectivity index (χ4n) is 2.88. The molecule has 0 radical (unpaired) electrons. The van der Waals surface area contributed by atoms with Crippen molar-refractivity contribution in [1.29, 1.82) is 0 Å². The lowest BCUT2D eigenvalue weighted by molar-refractivity contribution is 0.471. The third kappa shape index (κ3) is 2.72. The molecule has 0 bridgehead atoms. The lowest BCUT2D eigenvalue weighted by atomic mass is 10.1. The highest BCUT2D eigenvalue weighted by Gasteiger charge is 2.21. The minimum Gasteiger partial charge on any atom is -0.458 e. The van der Waals surface area contributed by atoms with Crippen LogP contribution < -0.4 is 5.32 Å². The van der Waals surface area contributed by atoms with E-state index in [1.807, 2.05) is 42.5 Å². The Balaban J connectivity index is 0.00000144. The maximum atomic E-state index is 6.34. The molecule has 3 nitrogen and oxygen atoms in total. The van der Waals surface area contributed by atoms with E-state index in [1.54, 1.807) is 0 Å². The van der Waals surface area contributed by atoms with Crippen LogP contribution in [0.5, 0.6) is 0 Å². The second-order valence-corrected chi connectivity index (χ2v) is 5.73. The van der Waals surface area contributed by atoms with E-state index in [9.17, 15) is 0 Å². The van der Waals surface area contributed by atoms with Crippen LogP contribution in [0.1, 0.15) is 24.6 Å². The molecule has 22 heavy (non-hydrogen) atoms. The van der Waals surface area contributed by atoms with Gasteiger partial charge in [-0.25, -0.2) is 4.98 Å². The third-order valence-electron chi connectivity index (χ3n) is 3.96. The number of rotatable bonds is 2. The van der Waals surface area contributed by atoms with E-state index in [4.69, 9.17) is 16.0 Å². The van der Waals surface area contributed by atoms with Gasteiger partial charge in [-0.1, -0.05) is 41.9 Å². The molecule has 3 aromatic rings. The topological polar surface area (TPSA) is 38.1 Å². The number of hydrogen-bond donors (Lipinski definition) is 1. The lowest BCUT2D eigenvalue weighted by Gasteiger charge is -2.04. The van der Waals surface area contributed by atoms with Crippen LogP contribution in [-0.4, -0.2) is 11.5 Å². The van der Waals surface area contributed by atoms with E-state index < -0.39 is 0 Å². The number of halogens is 2. The van der Waals surface area contributed by atoms with Crippen LogP contribution >= 0.6 is 24.0 Å². The highest BCUT2D eigenvalue weighted by atomic mass is 35.5. The number of pyridine rings is 1. The zero-order valence-corrected chi connectivity index (χ0v) is 13.5. The molecule has 1 aromatic carbocycles. The van der Waals surface area contributed by atoms with Gasteiger partial charge in [-0.3, -0.25) is 0 Å². The SMILES string of the molecule is Cl.Clc1nc2cc([C@H]3CCCN3)oc2cc1-c1ccccc1. The van der Waals surface area contributed by atoms with E-state index in [1.165, 1.54) is 6.42 Å². The molecular formula is C17H16Cl2N2O. The molecule has 0 unspecified atom stereocenters. The summed E-state index contributed by atoms with van der Waals surface area (Å²) < 4.78 is 5.99. The summed E-state index contributed by atoms with van der Waals surface area (Å²) in [7, 11) is 0. The number of benzene rings is 1. The molecule has 0 spiro atoms. The first-order chi connectivity index (χ1) is 10.3. The summed E-state index contributed by atoms with van der Waals surface area (Å²) in [5.41, 5.74) is 3.57. The largest absolute Gasteiger partial charge is 0.458 e. The Hall–Kier alpha value is -1.55. The Labute approximate surface area is 140 Å². The smallest absolute Gasteiger partial charge is 0.153 e. The van der Waals surface area contributed by atoms with Gasteiger partial charge in [0.25, 0.3) is 0 Å². The van der Waals surface area contributed by atoms with E-state index in [2.05, 4.69) is 10.3 Å². The van der Waals surface area contributed by atoms with Gasteiger partial charge in [0, 0.05) is 11.6 Å². The van der Waals surface area contributed by atoms with Gasteiger partial charge in [-0.05, 0) is 31.0 Å². The van der Waals surface area contributed by atoms with Crippen LogP contribution in [-0.2, 0) is 0 Å². The molecule has 0 amide bonds. The number of fused-ring (bicyclic) bond motifs is 1. The fourth-order valence-corrected chi connectivity index (χ4v) is 3.14. The number of aromatic nitrogens is 1. The van der Waals surface area contributed by atoms with Crippen LogP contribution in [0.4, 0.5) is 0 Å². The first kappa shape index (κ1) is 15.3. The maximum absolute atomic E-state index is 6.34. The molecule has 2 aromatic heterocycles. The third-order valence-corrected chi connectivity index (χ3v) is 4.25. The van der Waals surface area contributed by atoms with Gasteiger partial charge in [0.1, 0.15) is 16.4 Å². The summed E-state index contributed by atoms with van der Waals surface area (Å²) in [5.74, 6) is 0.955. The molecule has 4 rings (SSSR count). The van der Waals surface area contributed by atoms with E-state index >= 15 is 0 Å². The number of furan rings is 1. The van der Waals surface area contributed by atoms with Gasteiger partial charge in [0.2, 0.25) is 0 Å². The average Bonchev–Trinajstić information content (AvgIpc) is 3.16. The minimum atomic E-state index is 0. The number of hydrogen-bond acceptors (Lipinski definition) is 3. The Morgan fingerprint density at radius 3 is 2.73 bits per heavy atom. The van der Waals surface area contributed by atoms with Gasteiger partial charge in [-0.15, -0.1) is 12.4 Å². The van der Waals surface area contributed by atoms with Crippen molar-refractivity contribution in [1.82, 2.24) is 10.3 Å². The summed E-state index contributed by atoms with van der Waals surface area (Å²) in [5, 5.41) is 3.95. The molecule has 114 valence electrons. The Morgan fingerprint density at radius 1 is 1.18 bits per heavy atom. The monoisotopic (exact) mass is 334 g/mol. The Morgan fingerprint density at radius 2 is 2.00 bits per heavy atom. The number of nitrogens with zero attached hydrogens (tertiary/aromatic N) is 1. The average molecular weight is 335 g/mol. The van der Waals surface area contributed by atoms with Crippen molar-refractivity contribution in [3.63, 3.8) is 0 Å². The highest BCUT2D eigenvalue weighted by molar-refractivity contribution is 6.32. The summed E-state index contributed by atoms with van der Waals surface area (Å²) in [6.07, 6.45) is 2.30. The second kappa shape index (κ2) is 6.29. The van der Waals surface area contributed by atoms with E-state index in [0.717, 1.165) is 41.0 Å². The van der Waals surface area contributed by atoms with Gasteiger partial charge in [0.05, 0.1) is 6.04 Å². The molecule has 1 atom stereocenters. The zero-order chi connectivity index (χ0) is 14.2. The zero-order valence-electron chi connectivity index (χ0n) is 11.9. The fraction of sp³-hybridized carbons (Fsp3) is 0.235. The van der Waals surface area contributed by atoms with Crippen molar-refractivity contribution >= 4 is 35.1 Å². The van der Waals surface area contributed by atoms with Gasteiger partial charge < -0.3 is 9.73 Å². The van der Waals surface area contributed by atoms with E-state index in [0.29, 0.717) is 11.2 Å².